The quantitative estimate of drug-likeness (QED) is 0.760. The van der Waals surface area contributed by atoms with Gasteiger partial charge < -0.3 is 20.4 Å². The van der Waals surface area contributed by atoms with Crippen molar-refractivity contribution in [3.05, 3.63) is 29.8 Å². The second-order valence-corrected chi connectivity index (χ2v) is 6.84. The van der Waals surface area contributed by atoms with E-state index in [9.17, 15) is 15.0 Å². The van der Waals surface area contributed by atoms with Crippen molar-refractivity contribution >= 4 is 5.91 Å². The maximum Gasteiger partial charge on any atom is 0.244 e. The highest BCUT2D eigenvalue weighted by Gasteiger charge is 2.36. The SMILES string of the molecule is CC1CNCCN1C(C(=O)N1CCC(O)CC1)c1cccc(O)c1. The highest BCUT2D eigenvalue weighted by molar-refractivity contribution is 5.83. The monoisotopic (exact) mass is 333 g/mol. The predicted molar refractivity (Wildman–Crippen MR) is 91.7 cm³/mol. The van der Waals surface area contributed by atoms with Gasteiger partial charge in [0.05, 0.1) is 6.10 Å². The highest BCUT2D eigenvalue weighted by atomic mass is 16.3. The molecule has 24 heavy (non-hydrogen) atoms. The number of piperazine rings is 1. The fourth-order valence-corrected chi connectivity index (χ4v) is 3.67. The zero-order chi connectivity index (χ0) is 17.1. The second-order valence-electron chi connectivity index (χ2n) is 6.84. The Morgan fingerprint density at radius 2 is 2.04 bits per heavy atom. The molecule has 0 aromatic heterocycles. The summed E-state index contributed by atoms with van der Waals surface area (Å²) in [5, 5.41) is 22.9. The van der Waals surface area contributed by atoms with Gasteiger partial charge in [0.15, 0.2) is 0 Å². The molecule has 0 saturated carbocycles. The number of aliphatic hydroxyl groups excluding tert-OH is 1. The number of hydrogen-bond donors (Lipinski definition) is 3. The van der Waals surface area contributed by atoms with Gasteiger partial charge in [-0.05, 0) is 37.5 Å². The van der Waals surface area contributed by atoms with E-state index >= 15 is 0 Å². The lowest BCUT2D eigenvalue weighted by atomic mass is 9.98. The fourth-order valence-electron chi connectivity index (χ4n) is 3.67. The van der Waals surface area contributed by atoms with Crippen LogP contribution in [0.5, 0.6) is 5.75 Å². The Hall–Kier alpha value is -1.63. The summed E-state index contributed by atoms with van der Waals surface area (Å²) in [5.41, 5.74) is 0.833. The zero-order valence-corrected chi connectivity index (χ0v) is 14.2. The molecule has 0 aliphatic carbocycles. The molecule has 2 atom stereocenters. The molecular weight excluding hydrogens is 306 g/mol. The van der Waals surface area contributed by atoms with E-state index in [1.165, 1.54) is 0 Å². The number of phenolic OH excluding ortho intramolecular Hbond substituents is 1. The molecule has 2 aliphatic rings. The summed E-state index contributed by atoms with van der Waals surface area (Å²) in [6.45, 7) is 5.80. The highest BCUT2D eigenvalue weighted by Crippen LogP contribution is 2.29. The van der Waals surface area contributed by atoms with Gasteiger partial charge in [-0.25, -0.2) is 0 Å². The Bertz CT molecular complexity index is 572. The molecule has 2 aliphatic heterocycles. The lowest BCUT2D eigenvalue weighted by molar-refractivity contribution is -0.140. The number of hydrogen-bond acceptors (Lipinski definition) is 5. The number of rotatable bonds is 3. The third kappa shape index (κ3) is 3.71. The molecule has 2 saturated heterocycles. The number of aliphatic hydroxyl groups is 1. The van der Waals surface area contributed by atoms with Gasteiger partial charge in [-0.15, -0.1) is 0 Å². The number of piperidine rings is 1. The molecule has 1 aromatic carbocycles. The number of benzene rings is 1. The predicted octanol–water partition coefficient (Wildman–Crippen LogP) is 0.710. The van der Waals surface area contributed by atoms with Crippen LogP contribution >= 0.6 is 0 Å². The molecule has 0 bridgehead atoms. The van der Waals surface area contributed by atoms with Crippen molar-refractivity contribution in [2.45, 2.75) is 38.0 Å². The van der Waals surface area contributed by atoms with Crippen LogP contribution < -0.4 is 5.32 Å². The lowest BCUT2D eigenvalue weighted by Crippen LogP contribution is -2.55. The average Bonchev–Trinajstić information content (AvgIpc) is 2.57. The molecule has 3 rings (SSSR count). The average molecular weight is 333 g/mol. The van der Waals surface area contributed by atoms with E-state index in [-0.39, 0.29) is 29.8 Å². The van der Waals surface area contributed by atoms with E-state index in [1.54, 1.807) is 18.2 Å². The Labute approximate surface area is 143 Å². The molecule has 1 amide bonds. The molecule has 2 heterocycles. The topological polar surface area (TPSA) is 76.0 Å². The van der Waals surface area contributed by atoms with E-state index in [0.29, 0.717) is 25.9 Å². The van der Waals surface area contributed by atoms with Crippen molar-refractivity contribution in [1.29, 1.82) is 0 Å². The van der Waals surface area contributed by atoms with Gasteiger partial charge in [0, 0.05) is 38.8 Å². The molecular formula is C18H27N3O3. The minimum absolute atomic E-state index is 0.0706. The standard InChI is InChI=1S/C18H27N3O3/c1-13-12-19-7-10-21(13)17(14-3-2-4-16(23)11-14)18(24)20-8-5-15(22)6-9-20/h2-4,11,13,15,17,19,22-23H,5-10,12H2,1H3. The Morgan fingerprint density at radius 3 is 2.71 bits per heavy atom. The first-order valence-corrected chi connectivity index (χ1v) is 8.78. The lowest BCUT2D eigenvalue weighted by Gasteiger charge is -2.42. The summed E-state index contributed by atoms with van der Waals surface area (Å²) in [4.78, 5) is 17.3. The van der Waals surface area contributed by atoms with Crippen molar-refractivity contribution in [2.75, 3.05) is 32.7 Å². The number of phenols is 1. The van der Waals surface area contributed by atoms with Crippen LogP contribution in [-0.4, -0.2) is 70.8 Å². The molecule has 132 valence electrons. The van der Waals surface area contributed by atoms with Gasteiger partial charge in [-0.1, -0.05) is 12.1 Å². The van der Waals surface area contributed by atoms with Crippen molar-refractivity contribution in [3.8, 4) is 5.75 Å². The van der Waals surface area contributed by atoms with E-state index in [1.807, 2.05) is 11.0 Å². The van der Waals surface area contributed by atoms with Crippen molar-refractivity contribution in [2.24, 2.45) is 0 Å². The van der Waals surface area contributed by atoms with Crippen LogP contribution in [-0.2, 0) is 4.79 Å². The molecule has 1 aromatic rings. The van der Waals surface area contributed by atoms with Gasteiger partial charge in [-0.2, -0.15) is 0 Å². The Morgan fingerprint density at radius 1 is 1.29 bits per heavy atom. The maximum absolute atomic E-state index is 13.3. The van der Waals surface area contributed by atoms with Crippen LogP contribution in [0.4, 0.5) is 0 Å². The van der Waals surface area contributed by atoms with Gasteiger partial charge in [0.1, 0.15) is 11.8 Å². The normalized spacial score (nSPS) is 24.8. The van der Waals surface area contributed by atoms with Crippen molar-refractivity contribution in [3.63, 3.8) is 0 Å². The molecule has 6 nitrogen and oxygen atoms in total. The fraction of sp³-hybridized carbons (Fsp3) is 0.611. The second kappa shape index (κ2) is 7.51. The summed E-state index contributed by atoms with van der Waals surface area (Å²) < 4.78 is 0. The zero-order valence-electron chi connectivity index (χ0n) is 14.2. The van der Waals surface area contributed by atoms with E-state index in [2.05, 4.69) is 17.1 Å². The molecule has 2 fully saturated rings. The first kappa shape index (κ1) is 17.2. The molecule has 6 heteroatoms. The smallest absolute Gasteiger partial charge is 0.244 e. The summed E-state index contributed by atoms with van der Waals surface area (Å²) >= 11 is 0. The minimum atomic E-state index is -0.385. The number of nitrogens with one attached hydrogen (secondary N) is 1. The summed E-state index contributed by atoms with van der Waals surface area (Å²) in [7, 11) is 0. The van der Waals surface area contributed by atoms with Gasteiger partial charge in [0.2, 0.25) is 5.91 Å². The van der Waals surface area contributed by atoms with Gasteiger partial charge >= 0.3 is 0 Å². The number of carbonyl (C=O) groups excluding carboxylic acids is 1. The van der Waals surface area contributed by atoms with E-state index in [4.69, 9.17) is 0 Å². The Balaban J connectivity index is 1.87. The number of amides is 1. The largest absolute Gasteiger partial charge is 0.508 e. The first-order valence-electron chi connectivity index (χ1n) is 8.78. The number of likely N-dealkylation sites (tertiary alicyclic amines) is 1. The molecule has 0 spiro atoms. The number of carbonyl (C=O) groups is 1. The number of nitrogens with zero attached hydrogens (tertiary/aromatic N) is 2. The number of aromatic hydroxyl groups is 1. The van der Waals surface area contributed by atoms with E-state index in [0.717, 1.165) is 25.2 Å². The minimum Gasteiger partial charge on any atom is -0.508 e. The van der Waals surface area contributed by atoms with Crippen LogP contribution in [0.25, 0.3) is 0 Å². The van der Waals surface area contributed by atoms with Gasteiger partial charge in [0.25, 0.3) is 0 Å². The van der Waals surface area contributed by atoms with E-state index < -0.39 is 0 Å². The van der Waals surface area contributed by atoms with Crippen LogP contribution in [0, 0.1) is 0 Å². The van der Waals surface area contributed by atoms with Crippen molar-refractivity contribution < 1.29 is 15.0 Å². The third-order valence-corrected chi connectivity index (χ3v) is 5.08. The van der Waals surface area contributed by atoms with Gasteiger partial charge in [-0.3, -0.25) is 9.69 Å². The third-order valence-electron chi connectivity index (χ3n) is 5.08. The van der Waals surface area contributed by atoms with Crippen LogP contribution in [0.15, 0.2) is 24.3 Å². The Kier molecular flexibility index (Phi) is 5.38. The maximum atomic E-state index is 13.3. The van der Waals surface area contributed by atoms with Crippen LogP contribution in [0.1, 0.15) is 31.4 Å². The molecule has 0 radical (unpaired) electrons. The summed E-state index contributed by atoms with van der Waals surface area (Å²) in [6, 6.07) is 6.88. The molecule has 3 N–H and O–H groups in total. The van der Waals surface area contributed by atoms with Crippen LogP contribution in [0.2, 0.25) is 0 Å². The van der Waals surface area contributed by atoms with Crippen molar-refractivity contribution in [1.82, 2.24) is 15.1 Å². The summed E-state index contributed by atoms with van der Waals surface area (Å²) in [6.07, 6.45) is 0.969. The first-order chi connectivity index (χ1) is 11.6. The van der Waals surface area contributed by atoms with Crippen LogP contribution in [0.3, 0.4) is 0 Å². The molecule has 2 unspecified atom stereocenters. The summed E-state index contributed by atoms with van der Waals surface area (Å²) in [5.74, 6) is 0.253.